The van der Waals surface area contributed by atoms with E-state index in [1.807, 2.05) is 37.3 Å². The summed E-state index contributed by atoms with van der Waals surface area (Å²) in [4.78, 5) is 16.0. The molecule has 0 fully saturated rings. The molecule has 0 saturated heterocycles. The number of benzene rings is 1. The van der Waals surface area contributed by atoms with Gasteiger partial charge in [0.25, 0.3) is 5.91 Å². The Balaban J connectivity index is 1.94. The van der Waals surface area contributed by atoms with Crippen molar-refractivity contribution in [1.82, 2.24) is 10.3 Å². The van der Waals surface area contributed by atoms with Gasteiger partial charge in [-0.15, -0.1) is 0 Å². The second kappa shape index (κ2) is 7.40. The highest BCUT2D eigenvalue weighted by molar-refractivity contribution is 5.93. The first-order chi connectivity index (χ1) is 10.2. The minimum Gasteiger partial charge on any atom is -0.439 e. The van der Waals surface area contributed by atoms with E-state index in [4.69, 9.17) is 9.84 Å². The van der Waals surface area contributed by atoms with Crippen molar-refractivity contribution < 1.29 is 14.6 Å². The fourth-order valence-corrected chi connectivity index (χ4v) is 1.62. The van der Waals surface area contributed by atoms with Crippen LogP contribution in [-0.4, -0.2) is 29.1 Å². The van der Waals surface area contributed by atoms with Crippen molar-refractivity contribution in [2.45, 2.75) is 6.92 Å². The molecule has 0 spiro atoms. The molecule has 0 saturated carbocycles. The van der Waals surface area contributed by atoms with Crippen LogP contribution in [0.1, 0.15) is 17.3 Å². The first-order valence-electron chi connectivity index (χ1n) is 6.77. The third-order valence-electron chi connectivity index (χ3n) is 2.89. The molecule has 0 aliphatic heterocycles. The highest BCUT2D eigenvalue weighted by atomic mass is 16.5. The summed E-state index contributed by atoms with van der Waals surface area (Å²) in [7, 11) is 0. The maximum atomic E-state index is 11.9. The Morgan fingerprint density at radius 2 is 2.05 bits per heavy atom. The quantitative estimate of drug-likeness (QED) is 0.854. The molecule has 5 heteroatoms. The van der Waals surface area contributed by atoms with Crippen LogP contribution in [0.25, 0.3) is 0 Å². The van der Waals surface area contributed by atoms with Gasteiger partial charge in [-0.05, 0) is 24.1 Å². The number of amides is 1. The van der Waals surface area contributed by atoms with E-state index in [1.165, 1.54) is 6.20 Å². The van der Waals surface area contributed by atoms with E-state index < -0.39 is 0 Å². The first-order valence-corrected chi connectivity index (χ1v) is 6.77. The number of carbonyl (C=O) groups is 1. The Bertz CT molecular complexity index is 570. The molecule has 2 N–H and O–H groups in total. The van der Waals surface area contributed by atoms with Crippen LogP contribution in [0.4, 0.5) is 0 Å². The van der Waals surface area contributed by atoms with Gasteiger partial charge in [0.1, 0.15) is 5.75 Å². The van der Waals surface area contributed by atoms with E-state index in [2.05, 4.69) is 10.3 Å². The molecule has 1 aromatic heterocycles. The fraction of sp³-hybridized carbons (Fsp3) is 0.250. The van der Waals surface area contributed by atoms with Crippen molar-refractivity contribution in [2.24, 2.45) is 5.92 Å². The lowest BCUT2D eigenvalue weighted by Gasteiger charge is -2.10. The number of aliphatic hydroxyl groups is 1. The number of aromatic nitrogens is 1. The van der Waals surface area contributed by atoms with Gasteiger partial charge in [-0.3, -0.25) is 4.79 Å². The van der Waals surface area contributed by atoms with Crippen molar-refractivity contribution in [3.63, 3.8) is 0 Å². The molecule has 1 aromatic carbocycles. The second-order valence-corrected chi connectivity index (χ2v) is 4.80. The molecule has 110 valence electrons. The molecule has 2 rings (SSSR count). The summed E-state index contributed by atoms with van der Waals surface area (Å²) >= 11 is 0. The molecule has 1 atom stereocenters. The van der Waals surface area contributed by atoms with Crippen molar-refractivity contribution in [1.29, 1.82) is 0 Å². The Kier molecular flexibility index (Phi) is 5.29. The SMILES string of the molecule is CC(CO)CNC(=O)c1ccc(Oc2ccccc2)nc1. The average Bonchev–Trinajstić information content (AvgIpc) is 2.54. The predicted octanol–water partition coefficient (Wildman–Crippen LogP) is 2.23. The van der Waals surface area contributed by atoms with E-state index in [0.29, 0.717) is 23.7 Å². The number of ether oxygens (including phenoxy) is 1. The number of nitrogens with zero attached hydrogens (tertiary/aromatic N) is 1. The molecular weight excluding hydrogens is 268 g/mol. The standard InChI is InChI=1S/C16H18N2O3/c1-12(11-19)9-18-16(20)13-7-8-15(17-10-13)21-14-5-3-2-4-6-14/h2-8,10,12,19H,9,11H2,1H3,(H,18,20). The van der Waals surface area contributed by atoms with Crippen LogP contribution in [0.3, 0.4) is 0 Å². The Labute approximate surface area is 123 Å². The van der Waals surface area contributed by atoms with Crippen LogP contribution >= 0.6 is 0 Å². The normalized spacial score (nSPS) is 11.7. The lowest BCUT2D eigenvalue weighted by Crippen LogP contribution is -2.29. The number of nitrogens with one attached hydrogen (secondary N) is 1. The largest absolute Gasteiger partial charge is 0.439 e. The van der Waals surface area contributed by atoms with Gasteiger partial charge in [0.2, 0.25) is 5.88 Å². The number of hydrogen-bond acceptors (Lipinski definition) is 4. The summed E-state index contributed by atoms with van der Waals surface area (Å²) in [5.41, 5.74) is 0.459. The monoisotopic (exact) mass is 286 g/mol. The van der Waals surface area contributed by atoms with E-state index in [0.717, 1.165) is 0 Å². The van der Waals surface area contributed by atoms with Crippen LogP contribution in [0.2, 0.25) is 0 Å². The van der Waals surface area contributed by atoms with Gasteiger partial charge in [-0.1, -0.05) is 25.1 Å². The second-order valence-electron chi connectivity index (χ2n) is 4.80. The van der Waals surface area contributed by atoms with Crippen molar-refractivity contribution in [3.05, 3.63) is 54.2 Å². The third-order valence-corrected chi connectivity index (χ3v) is 2.89. The van der Waals surface area contributed by atoms with Gasteiger partial charge in [0.15, 0.2) is 0 Å². The number of hydrogen-bond donors (Lipinski definition) is 2. The average molecular weight is 286 g/mol. The van der Waals surface area contributed by atoms with E-state index >= 15 is 0 Å². The first kappa shape index (κ1) is 15.0. The van der Waals surface area contributed by atoms with E-state index in [9.17, 15) is 4.79 Å². The summed E-state index contributed by atoms with van der Waals surface area (Å²) in [5.74, 6) is 0.942. The zero-order valence-electron chi connectivity index (χ0n) is 11.8. The fourth-order valence-electron chi connectivity index (χ4n) is 1.62. The van der Waals surface area contributed by atoms with Gasteiger partial charge in [0.05, 0.1) is 5.56 Å². The molecule has 0 aliphatic carbocycles. The van der Waals surface area contributed by atoms with Gasteiger partial charge in [0, 0.05) is 25.4 Å². The minimum atomic E-state index is -0.214. The zero-order chi connectivity index (χ0) is 15.1. The van der Waals surface area contributed by atoms with Crippen LogP contribution in [0, 0.1) is 5.92 Å². The lowest BCUT2D eigenvalue weighted by molar-refractivity contribution is 0.0942. The summed E-state index contributed by atoms with van der Waals surface area (Å²) in [6.45, 7) is 2.33. The van der Waals surface area contributed by atoms with Gasteiger partial charge < -0.3 is 15.2 Å². The zero-order valence-corrected chi connectivity index (χ0v) is 11.8. The highest BCUT2D eigenvalue weighted by Crippen LogP contribution is 2.18. The van der Waals surface area contributed by atoms with Crippen LogP contribution in [0.5, 0.6) is 11.6 Å². The number of pyridine rings is 1. The molecule has 0 radical (unpaired) electrons. The molecule has 1 heterocycles. The number of para-hydroxylation sites is 1. The van der Waals surface area contributed by atoms with E-state index in [-0.39, 0.29) is 18.4 Å². The topological polar surface area (TPSA) is 71.5 Å². The molecule has 0 bridgehead atoms. The minimum absolute atomic E-state index is 0.0302. The highest BCUT2D eigenvalue weighted by Gasteiger charge is 2.08. The maximum absolute atomic E-state index is 11.9. The molecule has 21 heavy (non-hydrogen) atoms. The number of carbonyl (C=O) groups excluding carboxylic acids is 1. The molecule has 2 aromatic rings. The van der Waals surface area contributed by atoms with Crippen LogP contribution < -0.4 is 10.1 Å². The van der Waals surface area contributed by atoms with Crippen LogP contribution in [0.15, 0.2) is 48.7 Å². The summed E-state index contributed by atoms with van der Waals surface area (Å²) in [5, 5.41) is 11.7. The maximum Gasteiger partial charge on any atom is 0.252 e. The van der Waals surface area contributed by atoms with Crippen molar-refractivity contribution in [3.8, 4) is 11.6 Å². The van der Waals surface area contributed by atoms with Gasteiger partial charge in [-0.25, -0.2) is 4.98 Å². The summed E-state index contributed by atoms with van der Waals surface area (Å²) in [6, 6.07) is 12.6. The third kappa shape index (κ3) is 4.57. The summed E-state index contributed by atoms with van der Waals surface area (Å²) in [6.07, 6.45) is 1.47. The Morgan fingerprint density at radius 3 is 2.67 bits per heavy atom. The van der Waals surface area contributed by atoms with Crippen molar-refractivity contribution >= 4 is 5.91 Å². The molecule has 1 amide bonds. The molecule has 0 aliphatic rings. The Hall–Kier alpha value is -2.40. The molecular formula is C16H18N2O3. The lowest BCUT2D eigenvalue weighted by atomic mass is 10.2. The van der Waals surface area contributed by atoms with Gasteiger partial charge >= 0.3 is 0 Å². The smallest absolute Gasteiger partial charge is 0.252 e. The van der Waals surface area contributed by atoms with Crippen molar-refractivity contribution in [2.75, 3.05) is 13.2 Å². The predicted molar refractivity (Wildman–Crippen MR) is 79.3 cm³/mol. The number of rotatable bonds is 6. The number of aliphatic hydroxyl groups excluding tert-OH is 1. The van der Waals surface area contributed by atoms with E-state index in [1.54, 1.807) is 12.1 Å². The van der Waals surface area contributed by atoms with Crippen LogP contribution in [-0.2, 0) is 0 Å². The summed E-state index contributed by atoms with van der Waals surface area (Å²) < 4.78 is 5.55. The Morgan fingerprint density at radius 1 is 1.29 bits per heavy atom. The molecule has 1 unspecified atom stereocenters. The molecule has 5 nitrogen and oxygen atoms in total. The van der Waals surface area contributed by atoms with Gasteiger partial charge in [-0.2, -0.15) is 0 Å².